The first kappa shape index (κ1) is 8.45. The smallest absolute Gasteiger partial charge is 0.257 e. The monoisotopic (exact) mass is 185 g/mol. The van der Waals surface area contributed by atoms with E-state index >= 15 is 0 Å². The van der Waals surface area contributed by atoms with Crippen LogP contribution in [0.3, 0.4) is 0 Å². The highest BCUT2D eigenvalue weighted by molar-refractivity contribution is 5.57. The Morgan fingerprint density at radius 1 is 1.36 bits per heavy atom. The van der Waals surface area contributed by atoms with Gasteiger partial charge in [0.1, 0.15) is 0 Å². The third kappa shape index (κ3) is 1.48. The van der Waals surface area contributed by atoms with Crippen molar-refractivity contribution in [3.8, 4) is 17.5 Å². The molecule has 0 amide bonds. The molecule has 0 aliphatic carbocycles. The number of rotatable bonds is 1. The van der Waals surface area contributed by atoms with Crippen molar-refractivity contribution in [1.82, 2.24) is 10.1 Å². The molecule has 1 heterocycles. The normalized spacial score (nSPS) is 9.71. The van der Waals surface area contributed by atoms with Gasteiger partial charge in [0.25, 0.3) is 5.89 Å². The molecule has 14 heavy (non-hydrogen) atoms. The number of aromatic nitrogens is 2. The topological polar surface area (TPSA) is 62.7 Å². The van der Waals surface area contributed by atoms with Gasteiger partial charge in [0, 0.05) is 5.56 Å². The minimum atomic E-state index is 0.435. The van der Waals surface area contributed by atoms with Gasteiger partial charge in [-0.1, -0.05) is 5.16 Å². The fourth-order valence-electron chi connectivity index (χ4n) is 1.27. The second kappa shape index (κ2) is 3.30. The van der Waals surface area contributed by atoms with E-state index < -0.39 is 0 Å². The molecule has 0 spiro atoms. The number of nitrogens with zero attached hydrogens (tertiary/aromatic N) is 3. The van der Waals surface area contributed by atoms with Gasteiger partial charge in [0.15, 0.2) is 6.33 Å². The molecule has 1 aromatic carbocycles. The van der Waals surface area contributed by atoms with E-state index in [0.717, 1.165) is 11.1 Å². The summed E-state index contributed by atoms with van der Waals surface area (Å²) in [6.07, 6.45) is 1.34. The van der Waals surface area contributed by atoms with Crippen LogP contribution in [0.4, 0.5) is 0 Å². The second-order valence-electron chi connectivity index (χ2n) is 2.95. The van der Waals surface area contributed by atoms with Crippen LogP contribution in [0.5, 0.6) is 0 Å². The van der Waals surface area contributed by atoms with Crippen LogP contribution in [0, 0.1) is 18.3 Å². The molecule has 4 heteroatoms. The van der Waals surface area contributed by atoms with Gasteiger partial charge in [-0.15, -0.1) is 0 Å². The fourth-order valence-corrected chi connectivity index (χ4v) is 1.27. The Kier molecular flexibility index (Phi) is 1.99. The molecule has 1 aromatic heterocycles. The van der Waals surface area contributed by atoms with Crippen LogP contribution >= 0.6 is 0 Å². The Morgan fingerprint density at radius 3 is 2.86 bits per heavy atom. The van der Waals surface area contributed by atoms with E-state index in [1.807, 2.05) is 13.0 Å². The van der Waals surface area contributed by atoms with Gasteiger partial charge in [-0.3, -0.25) is 0 Å². The third-order valence-corrected chi connectivity index (χ3v) is 1.81. The molecule has 0 aliphatic heterocycles. The fraction of sp³-hybridized carbons (Fsp3) is 0.100. The molecule has 0 atom stereocenters. The standard InChI is InChI=1S/C10H7N3O/c1-7-2-8(5-11)4-9(3-7)10-12-6-13-14-10/h2-4,6H,1H3. The summed E-state index contributed by atoms with van der Waals surface area (Å²) < 4.78 is 4.90. The second-order valence-corrected chi connectivity index (χ2v) is 2.95. The Hall–Kier alpha value is -2.15. The van der Waals surface area contributed by atoms with Gasteiger partial charge in [0.05, 0.1) is 11.6 Å². The maximum atomic E-state index is 8.77. The van der Waals surface area contributed by atoms with E-state index in [4.69, 9.17) is 9.78 Å². The molecular weight excluding hydrogens is 178 g/mol. The highest BCUT2D eigenvalue weighted by Crippen LogP contribution is 2.19. The third-order valence-electron chi connectivity index (χ3n) is 1.81. The SMILES string of the molecule is Cc1cc(C#N)cc(-c2ncno2)c1. The van der Waals surface area contributed by atoms with E-state index in [1.165, 1.54) is 6.33 Å². The number of benzene rings is 1. The minimum Gasteiger partial charge on any atom is -0.334 e. The molecule has 4 nitrogen and oxygen atoms in total. The van der Waals surface area contributed by atoms with Gasteiger partial charge in [-0.05, 0) is 30.7 Å². The molecular formula is C10H7N3O. The van der Waals surface area contributed by atoms with Crippen LogP contribution in [0.1, 0.15) is 11.1 Å². The zero-order valence-corrected chi connectivity index (χ0v) is 7.56. The zero-order chi connectivity index (χ0) is 9.97. The summed E-state index contributed by atoms with van der Waals surface area (Å²) in [7, 11) is 0. The van der Waals surface area contributed by atoms with Gasteiger partial charge in [0.2, 0.25) is 0 Å². The van der Waals surface area contributed by atoms with Crippen molar-refractivity contribution in [2.45, 2.75) is 6.92 Å². The molecule has 0 saturated carbocycles. The largest absolute Gasteiger partial charge is 0.334 e. The maximum Gasteiger partial charge on any atom is 0.257 e. The zero-order valence-electron chi connectivity index (χ0n) is 7.56. The summed E-state index contributed by atoms with van der Waals surface area (Å²) in [5, 5.41) is 12.3. The van der Waals surface area contributed by atoms with Gasteiger partial charge < -0.3 is 4.52 Å². The lowest BCUT2D eigenvalue weighted by Gasteiger charge is -1.97. The first-order chi connectivity index (χ1) is 6.79. The number of aryl methyl sites for hydroxylation is 1. The first-order valence-electron chi connectivity index (χ1n) is 4.08. The lowest BCUT2D eigenvalue weighted by atomic mass is 10.1. The van der Waals surface area contributed by atoms with Crippen molar-refractivity contribution in [2.24, 2.45) is 0 Å². The summed E-state index contributed by atoms with van der Waals surface area (Å²) >= 11 is 0. The van der Waals surface area contributed by atoms with Gasteiger partial charge >= 0.3 is 0 Å². The van der Waals surface area contributed by atoms with E-state index in [1.54, 1.807) is 12.1 Å². The summed E-state index contributed by atoms with van der Waals surface area (Å²) in [5.74, 6) is 0.435. The Morgan fingerprint density at radius 2 is 2.21 bits per heavy atom. The molecule has 0 bridgehead atoms. The summed E-state index contributed by atoms with van der Waals surface area (Å²) in [6.45, 7) is 1.92. The van der Waals surface area contributed by atoms with Crippen molar-refractivity contribution < 1.29 is 4.52 Å². The Bertz CT molecular complexity index is 483. The highest BCUT2D eigenvalue weighted by atomic mass is 16.5. The molecule has 0 aliphatic rings. The molecule has 0 N–H and O–H groups in total. The highest BCUT2D eigenvalue weighted by Gasteiger charge is 2.05. The molecule has 2 rings (SSSR count). The molecule has 0 unspecified atom stereocenters. The van der Waals surface area contributed by atoms with Crippen LogP contribution in [0.25, 0.3) is 11.5 Å². The molecule has 0 saturated heterocycles. The van der Waals surface area contributed by atoms with Gasteiger partial charge in [-0.2, -0.15) is 10.2 Å². The van der Waals surface area contributed by atoms with Crippen LogP contribution in [-0.4, -0.2) is 10.1 Å². The predicted octanol–water partition coefficient (Wildman–Crippen LogP) is 1.92. The average Bonchev–Trinajstić information content (AvgIpc) is 2.69. The van der Waals surface area contributed by atoms with Crippen molar-refractivity contribution in [1.29, 1.82) is 5.26 Å². The lowest BCUT2D eigenvalue weighted by Crippen LogP contribution is -1.83. The summed E-state index contributed by atoms with van der Waals surface area (Å²) in [4.78, 5) is 3.92. The van der Waals surface area contributed by atoms with E-state index in [-0.39, 0.29) is 0 Å². The predicted molar refractivity (Wildman–Crippen MR) is 49.2 cm³/mol. The Balaban J connectivity index is 2.55. The van der Waals surface area contributed by atoms with Crippen LogP contribution in [0.15, 0.2) is 29.0 Å². The van der Waals surface area contributed by atoms with Crippen molar-refractivity contribution in [3.63, 3.8) is 0 Å². The van der Waals surface area contributed by atoms with Gasteiger partial charge in [-0.25, -0.2) is 0 Å². The molecule has 0 radical (unpaired) electrons. The van der Waals surface area contributed by atoms with Crippen LogP contribution < -0.4 is 0 Å². The number of nitriles is 1. The van der Waals surface area contributed by atoms with E-state index in [9.17, 15) is 0 Å². The quantitative estimate of drug-likeness (QED) is 0.680. The first-order valence-corrected chi connectivity index (χ1v) is 4.08. The molecule has 2 aromatic rings. The van der Waals surface area contributed by atoms with E-state index in [0.29, 0.717) is 11.5 Å². The molecule has 0 fully saturated rings. The van der Waals surface area contributed by atoms with Crippen molar-refractivity contribution in [2.75, 3.05) is 0 Å². The van der Waals surface area contributed by atoms with Crippen molar-refractivity contribution in [3.05, 3.63) is 35.7 Å². The lowest BCUT2D eigenvalue weighted by molar-refractivity contribution is 0.430. The maximum absolute atomic E-state index is 8.77. The number of hydrogen-bond acceptors (Lipinski definition) is 4. The molecule has 68 valence electrons. The van der Waals surface area contributed by atoms with E-state index in [2.05, 4.69) is 16.2 Å². The number of hydrogen-bond donors (Lipinski definition) is 0. The van der Waals surface area contributed by atoms with Crippen molar-refractivity contribution >= 4 is 0 Å². The summed E-state index contributed by atoms with van der Waals surface area (Å²) in [5.41, 5.74) is 2.37. The average molecular weight is 185 g/mol. The summed E-state index contributed by atoms with van der Waals surface area (Å²) in [6, 6.07) is 7.51. The van der Waals surface area contributed by atoms with Crippen LogP contribution in [0.2, 0.25) is 0 Å². The minimum absolute atomic E-state index is 0.435. The van der Waals surface area contributed by atoms with Crippen LogP contribution in [-0.2, 0) is 0 Å². The Labute approximate surface area is 80.8 Å².